The molecule has 1 saturated carbocycles. The number of carbonyl (C=O) groups excluding carboxylic acids is 3. The SMILES string of the molecule is O=C1CCC(N2Cc3cc([C@@H]4CCN([C@H]5C[C@H](OC6CCNCC6)C5)C[C@@H]4F)ccc3C2=O)C(=O)N1. The number of piperidine rings is 3. The van der Waals surface area contributed by atoms with Crippen molar-refractivity contribution in [3.8, 4) is 0 Å². The first-order chi connectivity index (χ1) is 17.5. The molecule has 6 rings (SSSR count). The van der Waals surface area contributed by atoms with Gasteiger partial charge in [0, 0.05) is 37.0 Å². The molecular weight excluding hydrogens is 463 g/mol. The smallest absolute Gasteiger partial charge is 0.255 e. The van der Waals surface area contributed by atoms with Gasteiger partial charge in [0.2, 0.25) is 11.8 Å². The highest BCUT2D eigenvalue weighted by Gasteiger charge is 2.42. The number of likely N-dealkylation sites (tertiary alicyclic amines) is 1. The van der Waals surface area contributed by atoms with Crippen LogP contribution >= 0.6 is 0 Å². The van der Waals surface area contributed by atoms with Gasteiger partial charge in [0.05, 0.1) is 12.2 Å². The Morgan fingerprint density at radius 3 is 2.56 bits per heavy atom. The number of nitrogens with one attached hydrogen (secondary N) is 2. The molecule has 3 amide bonds. The molecule has 1 aromatic rings. The van der Waals surface area contributed by atoms with Crippen molar-refractivity contribution in [3.63, 3.8) is 0 Å². The van der Waals surface area contributed by atoms with E-state index >= 15 is 4.39 Å². The summed E-state index contributed by atoms with van der Waals surface area (Å²) in [4.78, 5) is 40.6. The first-order valence-electron chi connectivity index (χ1n) is 13.5. The lowest BCUT2D eigenvalue weighted by Crippen LogP contribution is -2.54. The second-order valence-corrected chi connectivity index (χ2v) is 11.1. The maximum Gasteiger partial charge on any atom is 0.255 e. The minimum atomic E-state index is -0.954. The van der Waals surface area contributed by atoms with E-state index in [1.54, 1.807) is 11.0 Å². The number of nitrogens with zero attached hydrogens (tertiary/aromatic N) is 2. The summed E-state index contributed by atoms with van der Waals surface area (Å²) < 4.78 is 21.7. The number of fused-ring (bicyclic) bond motifs is 1. The summed E-state index contributed by atoms with van der Waals surface area (Å²) in [5.74, 6) is -1.09. The number of halogens is 1. The molecule has 2 N–H and O–H groups in total. The molecule has 0 spiro atoms. The second-order valence-electron chi connectivity index (χ2n) is 11.1. The van der Waals surface area contributed by atoms with Crippen LogP contribution in [0, 0.1) is 0 Å². The lowest BCUT2D eigenvalue weighted by molar-refractivity contribution is -0.136. The van der Waals surface area contributed by atoms with E-state index in [2.05, 4.69) is 15.5 Å². The largest absolute Gasteiger partial charge is 0.375 e. The summed E-state index contributed by atoms with van der Waals surface area (Å²) in [5, 5.41) is 5.70. The van der Waals surface area contributed by atoms with Gasteiger partial charge in [0.15, 0.2) is 0 Å². The number of alkyl halides is 1. The van der Waals surface area contributed by atoms with Crippen LogP contribution in [0.4, 0.5) is 4.39 Å². The van der Waals surface area contributed by atoms with Gasteiger partial charge >= 0.3 is 0 Å². The van der Waals surface area contributed by atoms with Crippen LogP contribution in [0.1, 0.15) is 72.3 Å². The summed E-state index contributed by atoms with van der Waals surface area (Å²) in [6.45, 7) is 3.69. The van der Waals surface area contributed by atoms with E-state index in [0.717, 1.165) is 62.9 Å². The summed E-state index contributed by atoms with van der Waals surface area (Å²) in [6.07, 6.45) is 5.21. The van der Waals surface area contributed by atoms with Crippen LogP contribution in [0.15, 0.2) is 18.2 Å². The van der Waals surface area contributed by atoms with Crippen molar-refractivity contribution in [3.05, 3.63) is 34.9 Å². The second kappa shape index (κ2) is 9.84. The van der Waals surface area contributed by atoms with Crippen LogP contribution < -0.4 is 10.6 Å². The van der Waals surface area contributed by atoms with Crippen LogP contribution in [0.5, 0.6) is 0 Å². The summed E-state index contributed by atoms with van der Waals surface area (Å²) in [5.41, 5.74) is 2.35. The van der Waals surface area contributed by atoms with E-state index in [0.29, 0.717) is 43.3 Å². The average molecular weight is 499 g/mol. The highest BCUT2D eigenvalue weighted by Crippen LogP contribution is 2.38. The van der Waals surface area contributed by atoms with Crippen LogP contribution in [-0.2, 0) is 20.9 Å². The number of imide groups is 1. The monoisotopic (exact) mass is 498 g/mol. The molecule has 1 aromatic carbocycles. The molecule has 1 unspecified atom stereocenters. The van der Waals surface area contributed by atoms with E-state index < -0.39 is 18.1 Å². The van der Waals surface area contributed by atoms with Gasteiger partial charge in [-0.2, -0.15) is 0 Å². The third kappa shape index (κ3) is 4.57. The topological polar surface area (TPSA) is 91.0 Å². The van der Waals surface area contributed by atoms with Gasteiger partial charge in [-0.15, -0.1) is 0 Å². The Kier molecular flexibility index (Phi) is 6.56. The molecule has 3 atom stereocenters. The van der Waals surface area contributed by atoms with E-state index in [4.69, 9.17) is 4.74 Å². The lowest BCUT2D eigenvalue weighted by Gasteiger charge is -2.47. The summed E-state index contributed by atoms with van der Waals surface area (Å²) >= 11 is 0. The molecule has 1 aliphatic carbocycles. The lowest BCUT2D eigenvalue weighted by atomic mass is 9.82. The Bertz CT molecular complexity index is 1040. The molecule has 8 nitrogen and oxygen atoms in total. The number of rotatable bonds is 5. The van der Waals surface area contributed by atoms with Crippen molar-refractivity contribution in [2.24, 2.45) is 0 Å². The van der Waals surface area contributed by atoms with Crippen molar-refractivity contribution in [1.82, 2.24) is 20.4 Å². The zero-order chi connectivity index (χ0) is 24.8. The van der Waals surface area contributed by atoms with Crippen molar-refractivity contribution < 1.29 is 23.5 Å². The third-order valence-corrected chi connectivity index (χ3v) is 8.81. The zero-order valence-corrected chi connectivity index (χ0v) is 20.6. The molecular formula is C27H35FN4O4. The predicted molar refractivity (Wildman–Crippen MR) is 130 cm³/mol. The van der Waals surface area contributed by atoms with E-state index in [1.165, 1.54) is 0 Å². The highest BCUT2D eigenvalue weighted by molar-refractivity contribution is 6.05. The first-order valence-corrected chi connectivity index (χ1v) is 13.5. The number of benzene rings is 1. The van der Waals surface area contributed by atoms with Crippen LogP contribution in [-0.4, -0.2) is 84.2 Å². The maximum atomic E-state index is 15.4. The fourth-order valence-electron chi connectivity index (χ4n) is 6.61. The van der Waals surface area contributed by atoms with Gasteiger partial charge in [-0.3, -0.25) is 24.6 Å². The van der Waals surface area contributed by atoms with Gasteiger partial charge < -0.3 is 15.0 Å². The summed E-state index contributed by atoms with van der Waals surface area (Å²) in [7, 11) is 0. The molecule has 5 aliphatic rings. The summed E-state index contributed by atoms with van der Waals surface area (Å²) in [6, 6.07) is 5.40. The van der Waals surface area contributed by atoms with E-state index in [-0.39, 0.29) is 24.2 Å². The number of ether oxygens (including phenoxy) is 1. The fraction of sp³-hybridized carbons (Fsp3) is 0.667. The number of hydrogen-bond acceptors (Lipinski definition) is 6. The molecule has 194 valence electrons. The van der Waals surface area contributed by atoms with E-state index in [1.807, 2.05) is 12.1 Å². The van der Waals surface area contributed by atoms with Crippen LogP contribution in [0.25, 0.3) is 0 Å². The number of hydrogen-bond donors (Lipinski definition) is 2. The first kappa shape index (κ1) is 24.0. The normalized spacial score (nSPS) is 33.9. The Labute approximate surface area is 210 Å². The molecule has 0 aromatic heterocycles. The molecule has 3 saturated heterocycles. The molecule has 36 heavy (non-hydrogen) atoms. The third-order valence-electron chi connectivity index (χ3n) is 8.81. The van der Waals surface area contributed by atoms with Gasteiger partial charge in [-0.25, -0.2) is 4.39 Å². The molecule has 0 bridgehead atoms. The van der Waals surface area contributed by atoms with Gasteiger partial charge in [0.25, 0.3) is 5.91 Å². The quantitative estimate of drug-likeness (QED) is 0.603. The Morgan fingerprint density at radius 2 is 1.81 bits per heavy atom. The predicted octanol–water partition coefficient (Wildman–Crippen LogP) is 1.87. The van der Waals surface area contributed by atoms with Crippen molar-refractivity contribution in [1.29, 1.82) is 0 Å². The van der Waals surface area contributed by atoms with Crippen molar-refractivity contribution in [2.75, 3.05) is 26.2 Å². The number of carbonyl (C=O) groups is 3. The van der Waals surface area contributed by atoms with E-state index in [9.17, 15) is 14.4 Å². The molecule has 4 heterocycles. The standard InChI is InChI=1S/C27H35FN4O4/c28-23-15-31(18-12-20(13-18)36-19-5-8-29-9-6-19)10-7-21(23)16-1-2-22-17(11-16)14-32(27(22)35)24-3-4-25(33)30-26(24)34/h1-2,11,18-21,23-24,29H,3-10,12-15H2,(H,30,33,34)/t18-,20-,21-,23-,24?/m0/s1. The van der Waals surface area contributed by atoms with Crippen molar-refractivity contribution in [2.45, 2.75) is 87.9 Å². The fourth-order valence-corrected chi connectivity index (χ4v) is 6.61. The minimum absolute atomic E-state index is 0.187. The highest BCUT2D eigenvalue weighted by atomic mass is 19.1. The molecule has 9 heteroatoms. The van der Waals surface area contributed by atoms with Gasteiger partial charge in [0.1, 0.15) is 12.2 Å². The number of amides is 3. The van der Waals surface area contributed by atoms with Crippen LogP contribution in [0.2, 0.25) is 0 Å². The van der Waals surface area contributed by atoms with Crippen molar-refractivity contribution >= 4 is 17.7 Å². The zero-order valence-electron chi connectivity index (χ0n) is 20.6. The Morgan fingerprint density at radius 1 is 1.00 bits per heavy atom. The average Bonchev–Trinajstić information content (AvgIpc) is 3.17. The molecule has 4 fully saturated rings. The minimum Gasteiger partial charge on any atom is -0.375 e. The van der Waals surface area contributed by atoms with Gasteiger partial charge in [-0.05, 0) is 75.4 Å². The van der Waals surface area contributed by atoms with Gasteiger partial charge in [-0.1, -0.05) is 12.1 Å². The molecule has 4 aliphatic heterocycles. The maximum absolute atomic E-state index is 15.4. The Hall–Kier alpha value is -2.36. The molecule has 0 radical (unpaired) electrons. The Balaban J connectivity index is 1.04. The van der Waals surface area contributed by atoms with Crippen LogP contribution in [0.3, 0.4) is 0 Å².